The molecule has 0 heterocycles. The summed E-state index contributed by atoms with van der Waals surface area (Å²) in [6.45, 7) is 1.90. The van der Waals surface area contributed by atoms with Gasteiger partial charge >= 0.3 is 6.18 Å². The molecule has 1 N–H and O–H groups in total. The molecule has 2 rings (SSSR count). The third-order valence-electron chi connectivity index (χ3n) is 3.57. The van der Waals surface area contributed by atoms with Crippen LogP contribution in [0.1, 0.15) is 42.1 Å². The molecule has 0 aliphatic heterocycles. The van der Waals surface area contributed by atoms with Gasteiger partial charge in [0.1, 0.15) is 0 Å². The fourth-order valence-corrected chi connectivity index (χ4v) is 2.43. The maximum absolute atomic E-state index is 13.0. The van der Waals surface area contributed by atoms with Gasteiger partial charge in [-0.05, 0) is 29.5 Å². The van der Waals surface area contributed by atoms with Crippen LogP contribution in [0.5, 0.6) is 0 Å². The lowest BCUT2D eigenvalue weighted by Crippen LogP contribution is -2.13. The lowest BCUT2D eigenvalue weighted by atomic mass is 9.90. The molecular formula is C17H17F3O. The topological polar surface area (TPSA) is 20.2 Å². The first-order valence-electron chi connectivity index (χ1n) is 6.78. The molecule has 2 atom stereocenters. The van der Waals surface area contributed by atoms with E-state index in [-0.39, 0.29) is 17.9 Å². The molecule has 0 radical (unpaired) electrons. The van der Waals surface area contributed by atoms with Gasteiger partial charge in [-0.25, -0.2) is 0 Å². The summed E-state index contributed by atoms with van der Waals surface area (Å²) >= 11 is 0. The molecule has 21 heavy (non-hydrogen) atoms. The zero-order chi connectivity index (χ0) is 15.5. The summed E-state index contributed by atoms with van der Waals surface area (Å²) in [4.78, 5) is 0. The van der Waals surface area contributed by atoms with Gasteiger partial charge in [0.25, 0.3) is 0 Å². The van der Waals surface area contributed by atoms with E-state index < -0.39 is 17.8 Å². The van der Waals surface area contributed by atoms with E-state index in [0.717, 1.165) is 11.6 Å². The average molecular weight is 294 g/mol. The van der Waals surface area contributed by atoms with Crippen molar-refractivity contribution < 1.29 is 18.3 Å². The Morgan fingerprint density at radius 1 is 0.952 bits per heavy atom. The Bertz CT molecular complexity index is 578. The number of hydrogen-bond acceptors (Lipinski definition) is 1. The molecular weight excluding hydrogens is 277 g/mol. The highest BCUT2D eigenvalue weighted by Crippen LogP contribution is 2.37. The molecule has 112 valence electrons. The van der Waals surface area contributed by atoms with E-state index >= 15 is 0 Å². The smallest absolute Gasteiger partial charge is 0.388 e. The Balaban J connectivity index is 2.20. The van der Waals surface area contributed by atoms with Crippen molar-refractivity contribution in [3.63, 3.8) is 0 Å². The lowest BCUT2D eigenvalue weighted by molar-refractivity contribution is -0.139. The molecule has 0 aliphatic rings. The molecule has 4 heteroatoms. The van der Waals surface area contributed by atoms with Gasteiger partial charge in [-0.15, -0.1) is 0 Å². The Hall–Kier alpha value is -1.81. The van der Waals surface area contributed by atoms with Crippen LogP contribution in [-0.2, 0) is 6.18 Å². The Morgan fingerprint density at radius 3 is 2.14 bits per heavy atom. The van der Waals surface area contributed by atoms with E-state index in [1.54, 1.807) is 0 Å². The van der Waals surface area contributed by atoms with E-state index in [1.807, 2.05) is 37.3 Å². The van der Waals surface area contributed by atoms with Crippen LogP contribution in [-0.4, -0.2) is 5.11 Å². The molecule has 0 saturated heterocycles. The van der Waals surface area contributed by atoms with Crippen molar-refractivity contribution in [2.24, 2.45) is 0 Å². The Kier molecular flexibility index (Phi) is 4.68. The number of hydrogen-bond donors (Lipinski definition) is 1. The maximum Gasteiger partial charge on any atom is 0.416 e. The molecule has 0 bridgehead atoms. The third-order valence-corrected chi connectivity index (χ3v) is 3.57. The minimum atomic E-state index is -4.45. The third kappa shape index (κ3) is 3.85. The molecule has 2 aromatic rings. The van der Waals surface area contributed by atoms with Gasteiger partial charge in [-0.1, -0.05) is 55.5 Å². The highest BCUT2D eigenvalue weighted by molar-refractivity contribution is 5.32. The van der Waals surface area contributed by atoms with Crippen molar-refractivity contribution in [1.82, 2.24) is 0 Å². The average Bonchev–Trinajstić information content (AvgIpc) is 2.47. The SMILES string of the molecule is CC(CC(O)c1ccccc1C(F)(F)F)c1ccccc1. The summed E-state index contributed by atoms with van der Waals surface area (Å²) in [7, 11) is 0. The summed E-state index contributed by atoms with van der Waals surface area (Å²) in [6.07, 6.45) is -5.34. The normalized spacial score (nSPS) is 14.7. The summed E-state index contributed by atoms with van der Waals surface area (Å²) in [5, 5.41) is 10.2. The second-order valence-electron chi connectivity index (χ2n) is 5.15. The first-order chi connectivity index (χ1) is 9.89. The predicted molar refractivity (Wildman–Crippen MR) is 75.9 cm³/mol. The first kappa shape index (κ1) is 15.6. The monoisotopic (exact) mass is 294 g/mol. The highest BCUT2D eigenvalue weighted by atomic mass is 19.4. The van der Waals surface area contributed by atoms with Crippen molar-refractivity contribution in [3.8, 4) is 0 Å². The van der Waals surface area contributed by atoms with Gasteiger partial charge in [-0.3, -0.25) is 0 Å². The predicted octanol–water partition coefficient (Wildman–Crippen LogP) is 4.93. The summed E-state index contributed by atoms with van der Waals surface area (Å²) in [6, 6.07) is 14.6. The fraction of sp³-hybridized carbons (Fsp3) is 0.294. The van der Waals surface area contributed by atoms with Crippen LogP contribution in [0.4, 0.5) is 13.2 Å². The van der Waals surface area contributed by atoms with E-state index in [9.17, 15) is 18.3 Å². The molecule has 0 amide bonds. The van der Waals surface area contributed by atoms with Gasteiger partial charge in [0.15, 0.2) is 0 Å². The van der Waals surface area contributed by atoms with Crippen LogP contribution in [0.25, 0.3) is 0 Å². The van der Waals surface area contributed by atoms with Crippen LogP contribution >= 0.6 is 0 Å². The zero-order valence-corrected chi connectivity index (χ0v) is 11.6. The highest BCUT2D eigenvalue weighted by Gasteiger charge is 2.34. The number of aliphatic hydroxyl groups excluding tert-OH is 1. The molecule has 0 spiro atoms. The van der Waals surface area contributed by atoms with Crippen molar-refractivity contribution in [2.45, 2.75) is 31.5 Å². The standard InChI is InChI=1S/C17H17F3O/c1-12(13-7-3-2-4-8-13)11-16(21)14-9-5-6-10-15(14)17(18,19)20/h2-10,12,16,21H,11H2,1H3. The maximum atomic E-state index is 13.0. The van der Waals surface area contributed by atoms with E-state index in [2.05, 4.69) is 0 Å². The molecule has 1 nitrogen and oxygen atoms in total. The number of rotatable bonds is 4. The Morgan fingerprint density at radius 2 is 1.52 bits per heavy atom. The summed E-state index contributed by atoms with van der Waals surface area (Å²) in [5.74, 6) is -0.0255. The molecule has 0 fully saturated rings. The van der Waals surface area contributed by atoms with Gasteiger partial charge in [0.2, 0.25) is 0 Å². The van der Waals surface area contributed by atoms with Crippen LogP contribution in [0.15, 0.2) is 54.6 Å². The van der Waals surface area contributed by atoms with Crippen molar-refractivity contribution in [2.75, 3.05) is 0 Å². The molecule has 0 aliphatic carbocycles. The summed E-state index contributed by atoms with van der Waals surface area (Å²) in [5.41, 5.74) is 0.173. The van der Waals surface area contributed by atoms with Crippen LogP contribution in [0, 0.1) is 0 Å². The largest absolute Gasteiger partial charge is 0.416 e. The van der Waals surface area contributed by atoms with E-state index in [0.29, 0.717) is 0 Å². The van der Waals surface area contributed by atoms with E-state index in [1.165, 1.54) is 18.2 Å². The molecule has 0 aromatic heterocycles. The molecule has 2 aromatic carbocycles. The number of aliphatic hydroxyl groups is 1. The minimum absolute atomic E-state index is 0.0255. The zero-order valence-electron chi connectivity index (χ0n) is 11.6. The number of alkyl halides is 3. The number of halogens is 3. The van der Waals surface area contributed by atoms with Crippen molar-refractivity contribution in [3.05, 3.63) is 71.3 Å². The minimum Gasteiger partial charge on any atom is -0.388 e. The molecule has 2 unspecified atom stereocenters. The van der Waals surface area contributed by atoms with Crippen LogP contribution in [0.2, 0.25) is 0 Å². The van der Waals surface area contributed by atoms with Crippen molar-refractivity contribution >= 4 is 0 Å². The quantitative estimate of drug-likeness (QED) is 0.847. The van der Waals surface area contributed by atoms with Gasteiger partial charge in [0.05, 0.1) is 11.7 Å². The van der Waals surface area contributed by atoms with Crippen LogP contribution in [0.3, 0.4) is 0 Å². The lowest BCUT2D eigenvalue weighted by Gasteiger charge is -2.20. The Labute approximate surface area is 122 Å². The van der Waals surface area contributed by atoms with Gasteiger partial charge < -0.3 is 5.11 Å². The van der Waals surface area contributed by atoms with Gasteiger partial charge in [-0.2, -0.15) is 13.2 Å². The second-order valence-corrected chi connectivity index (χ2v) is 5.15. The molecule has 0 saturated carbocycles. The van der Waals surface area contributed by atoms with E-state index in [4.69, 9.17) is 0 Å². The van der Waals surface area contributed by atoms with Crippen LogP contribution < -0.4 is 0 Å². The van der Waals surface area contributed by atoms with Crippen molar-refractivity contribution in [1.29, 1.82) is 0 Å². The second kappa shape index (κ2) is 6.31. The summed E-state index contributed by atoms with van der Waals surface area (Å²) < 4.78 is 38.9. The number of benzene rings is 2. The van der Waals surface area contributed by atoms with Gasteiger partial charge in [0, 0.05) is 0 Å². The fourth-order valence-electron chi connectivity index (χ4n) is 2.43. The first-order valence-corrected chi connectivity index (χ1v) is 6.78.